The molecule has 152 valence electrons. The molecule has 2 aromatic heterocycles. The van der Waals surface area contributed by atoms with Gasteiger partial charge in [0.25, 0.3) is 5.91 Å². The highest BCUT2D eigenvalue weighted by Gasteiger charge is 2.35. The number of pyridine rings is 1. The maximum absolute atomic E-state index is 13.1. The molecule has 29 heavy (non-hydrogen) atoms. The molecule has 1 fully saturated rings. The first-order chi connectivity index (χ1) is 14.2. The van der Waals surface area contributed by atoms with Crippen LogP contribution >= 0.6 is 0 Å². The molecule has 0 aromatic carbocycles. The van der Waals surface area contributed by atoms with E-state index in [1.54, 1.807) is 23.2 Å². The van der Waals surface area contributed by atoms with Gasteiger partial charge in [-0.25, -0.2) is 0 Å². The van der Waals surface area contributed by atoms with E-state index in [0.29, 0.717) is 13.1 Å². The van der Waals surface area contributed by atoms with E-state index in [1.807, 2.05) is 18.2 Å². The summed E-state index contributed by atoms with van der Waals surface area (Å²) in [6.45, 7) is 7.27. The van der Waals surface area contributed by atoms with Crippen molar-refractivity contribution in [1.29, 1.82) is 0 Å². The Morgan fingerprint density at radius 2 is 2.10 bits per heavy atom. The van der Waals surface area contributed by atoms with Gasteiger partial charge in [0.15, 0.2) is 5.76 Å². The predicted octanol–water partition coefficient (Wildman–Crippen LogP) is 2.18. The van der Waals surface area contributed by atoms with Crippen LogP contribution in [0.1, 0.15) is 40.6 Å². The Morgan fingerprint density at radius 1 is 1.28 bits per heavy atom. The number of furan rings is 1. The highest BCUT2D eigenvalue weighted by Crippen LogP contribution is 2.28. The molecule has 0 radical (unpaired) electrons. The van der Waals surface area contributed by atoms with Crippen LogP contribution in [0.4, 0.5) is 0 Å². The van der Waals surface area contributed by atoms with Gasteiger partial charge in [0.05, 0.1) is 17.9 Å². The number of hydrogen-bond acceptors (Lipinski definition) is 5. The summed E-state index contributed by atoms with van der Waals surface area (Å²) < 4.78 is 5.26. The second-order valence-corrected chi connectivity index (χ2v) is 7.64. The summed E-state index contributed by atoms with van der Waals surface area (Å²) in [5, 5.41) is 3.19. The van der Waals surface area contributed by atoms with Gasteiger partial charge >= 0.3 is 0 Å². The Kier molecular flexibility index (Phi) is 5.76. The summed E-state index contributed by atoms with van der Waals surface area (Å²) in [6.07, 6.45) is 6.92. The van der Waals surface area contributed by atoms with E-state index in [9.17, 15) is 9.59 Å². The molecular formula is C22H26N4O3. The van der Waals surface area contributed by atoms with Gasteiger partial charge < -0.3 is 14.6 Å². The number of amides is 2. The standard InChI is InChI=1S/C22H26N4O3/c1-2-10-25-11-7-17(8-12-25)24-21(27)18-15-26(22(28)19-6-4-13-29-19)14-16-5-3-9-23-20(16)18/h2-6,9,13,17-18H,1,7-8,10-12,14-15H2,(H,24,27). The van der Waals surface area contributed by atoms with E-state index in [1.165, 1.54) is 6.26 Å². The summed E-state index contributed by atoms with van der Waals surface area (Å²) in [7, 11) is 0. The average molecular weight is 394 g/mol. The Morgan fingerprint density at radius 3 is 2.83 bits per heavy atom. The maximum Gasteiger partial charge on any atom is 0.289 e. The van der Waals surface area contributed by atoms with Crippen molar-refractivity contribution < 1.29 is 14.0 Å². The van der Waals surface area contributed by atoms with Crippen LogP contribution in [0, 0.1) is 0 Å². The summed E-state index contributed by atoms with van der Waals surface area (Å²) in [5.74, 6) is -0.472. The van der Waals surface area contributed by atoms with E-state index in [4.69, 9.17) is 4.42 Å². The molecule has 1 N–H and O–H groups in total. The molecule has 0 spiro atoms. The molecule has 1 unspecified atom stereocenters. The van der Waals surface area contributed by atoms with Gasteiger partial charge in [0, 0.05) is 45.0 Å². The van der Waals surface area contributed by atoms with Crippen molar-refractivity contribution in [3.63, 3.8) is 0 Å². The van der Waals surface area contributed by atoms with Crippen molar-refractivity contribution in [2.24, 2.45) is 0 Å². The first-order valence-corrected chi connectivity index (χ1v) is 10.1. The van der Waals surface area contributed by atoms with Crippen LogP contribution in [0.2, 0.25) is 0 Å². The zero-order valence-electron chi connectivity index (χ0n) is 16.4. The van der Waals surface area contributed by atoms with Crippen molar-refractivity contribution in [3.8, 4) is 0 Å². The number of carbonyl (C=O) groups is 2. The fraction of sp³-hybridized carbons (Fsp3) is 0.409. The molecule has 1 saturated heterocycles. The van der Waals surface area contributed by atoms with Gasteiger partial charge in [-0.15, -0.1) is 6.58 Å². The zero-order valence-corrected chi connectivity index (χ0v) is 16.4. The third-order valence-electron chi connectivity index (χ3n) is 5.68. The Hall–Kier alpha value is -2.93. The van der Waals surface area contributed by atoms with Crippen molar-refractivity contribution in [1.82, 2.24) is 20.1 Å². The van der Waals surface area contributed by atoms with E-state index in [-0.39, 0.29) is 23.6 Å². The molecule has 0 saturated carbocycles. The van der Waals surface area contributed by atoms with E-state index in [0.717, 1.165) is 43.7 Å². The molecular weight excluding hydrogens is 368 g/mol. The Labute approximate surface area is 170 Å². The lowest BCUT2D eigenvalue weighted by molar-refractivity contribution is -0.124. The van der Waals surface area contributed by atoms with Gasteiger partial charge in [-0.1, -0.05) is 12.1 Å². The highest BCUT2D eigenvalue weighted by molar-refractivity contribution is 5.93. The second-order valence-electron chi connectivity index (χ2n) is 7.64. The van der Waals surface area contributed by atoms with Gasteiger partial charge in [-0.3, -0.25) is 19.5 Å². The third kappa shape index (κ3) is 4.24. The predicted molar refractivity (Wildman–Crippen MR) is 108 cm³/mol. The fourth-order valence-electron chi connectivity index (χ4n) is 4.14. The van der Waals surface area contributed by atoms with Crippen LogP contribution < -0.4 is 5.32 Å². The van der Waals surface area contributed by atoms with Crippen LogP contribution in [-0.2, 0) is 11.3 Å². The van der Waals surface area contributed by atoms with Crippen molar-refractivity contribution in [2.45, 2.75) is 31.3 Å². The quantitative estimate of drug-likeness (QED) is 0.787. The van der Waals surface area contributed by atoms with Crippen LogP contribution in [-0.4, -0.2) is 58.8 Å². The third-order valence-corrected chi connectivity index (χ3v) is 5.68. The molecule has 0 aliphatic carbocycles. The van der Waals surface area contributed by atoms with E-state index >= 15 is 0 Å². The number of fused-ring (bicyclic) bond motifs is 1. The number of piperidine rings is 1. The van der Waals surface area contributed by atoms with Crippen molar-refractivity contribution >= 4 is 11.8 Å². The average Bonchev–Trinajstić information content (AvgIpc) is 3.29. The number of rotatable bonds is 5. The van der Waals surface area contributed by atoms with E-state index < -0.39 is 5.92 Å². The molecule has 2 aromatic rings. The lowest BCUT2D eigenvalue weighted by atomic mass is 9.92. The molecule has 4 heterocycles. The fourth-order valence-corrected chi connectivity index (χ4v) is 4.14. The lowest BCUT2D eigenvalue weighted by Crippen LogP contribution is -2.49. The molecule has 2 aliphatic rings. The molecule has 7 heteroatoms. The maximum atomic E-state index is 13.1. The summed E-state index contributed by atoms with van der Waals surface area (Å²) >= 11 is 0. The molecule has 2 aliphatic heterocycles. The highest BCUT2D eigenvalue weighted by atomic mass is 16.3. The smallest absolute Gasteiger partial charge is 0.289 e. The monoisotopic (exact) mass is 394 g/mol. The summed E-state index contributed by atoms with van der Waals surface area (Å²) in [5.41, 5.74) is 1.66. The van der Waals surface area contributed by atoms with Gasteiger partial charge in [0.1, 0.15) is 0 Å². The minimum Gasteiger partial charge on any atom is -0.459 e. The van der Waals surface area contributed by atoms with Gasteiger partial charge in [-0.05, 0) is 36.6 Å². The van der Waals surface area contributed by atoms with Crippen LogP contribution in [0.3, 0.4) is 0 Å². The molecule has 0 bridgehead atoms. The lowest BCUT2D eigenvalue weighted by Gasteiger charge is -2.35. The first-order valence-electron chi connectivity index (χ1n) is 10.1. The zero-order chi connectivity index (χ0) is 20.2. The van der Waals surface area contributed by atoms with Gasteiger partial charge in [-0.2, -0.15) is 0 Å². The number of nitrogens with zero attached hydrogens (tertiary/aromatic N) is 3. The molecule has 7 nitrogen and oxygen atoms in total. The van der Waals surface area contributed by atoms with Crippen LogP contribution in [0.25, 0.3) is 0 Å². The topological polar surface area (TPSA) is 78.7 Å². The number of likely N-dealkylation sites (tertiary alicyclic amines) is 1. The number of aromatic nitrogens is 1. The van der Waals surface area contributed by atoms with Crippen LogP contribution in [0.5, 0.6) is 0 Å². The Balaban J connectivity index is 1.47. The number of nitrogens with one attached hydrogen (secondary N) is 1. The minimum atomic E-state index is -0.481. The second kappa shape index (κ2) is 8.61. The minimum absolute atomic E-state index is 0.0657. The Bertz CT molecular complexity index is 872. The van der Waals surface area contributed by atoms with E-state index in [2.05, 4.69) is 21.8 Å². The molecule has 2 amide bonds. The van der Waals surface area contributed by atoms with Crippen LogP contribution in [0.15, 0.2) is 53.8 Å². The molecule has 1 atom stereocenters. The van der Waals surface area contributed by atoms with Gasteiger partial charge in [0.2, 0.25) is 5.91 Å². The van der Waals surface area contributed by atoms with Crippen molar-refractivity contribution in [2.75, 3.05) is 26.2 Å². The van der Waals surface area contributed by atoms with Crippen molar-refractivity contribution in [3.05, 3.63) is 66.4 Å². The molecule has 4 rings (SSSR count). The normalized spacial score (nSPS) is 20.1. The summed E-state index contributed by atoms with van der Waals surface area (Å²) in [4.78, 5) is 34.4. The summed E-state index contributed by atoms with van der Waals surface area (Å²) in [6, 6.07) is 7.25. The SMILES string of the molecule is C=CCN1CCC(NC(=O)C2CN(C(=O)c3ccco3)Cc3cccnc32)CC1. The largest absolute Gasteiger partial charge is 0.459 e. The number of hydrogen-bond donors (Lipinski definition) is 1. The first kappa shape index (κ1) is 19.4. The number of carbonyl (C=O) groups excluding carboxylic acids is 2.